The molecule has 0 unspecified atom stereocenters. The first-order chi connectivity index (χ1) is 6.93. The summed E-state index contributed by atoms with van der Waals surface area (Å²) in [4.78, 5) is 10.7. The van der Waals surface area contributed by atoms with Crippen LogP contribution in [0.4, 0.5) is 13.2 Å². The minimum Gasteiger partial charge on any atom is -0.295 e. The largest absolute Gasteiger partial charge is 0.295 e. The van der Waals surface area contributed by atoms with E-state index in [0.29, 0.717) is 0 Å². The summed E-state index contributed by atoms with van der Waals surface area (Å²) in [5.41, 5.74) is 0.156. The molecule has 0 amide bonds. The van der Waals surface area contributed by atoms with Crippen molar-refractivity contribution in [1.29, 1.82) is 0 Å². The zero-order valence-electron chi connectivity index (χ0n) is 8.27. The summed E-state index contributed by atoms with van der Waals surface area (Å²) >= 11 is 0. The molecule has 0 saturated carbocycles. The number of hydrogen-bond donors (Lipinski definition) is 0. The van der Waals surface area contributed by atoms with Crippen LogP contribution in [0.5, 0.6) is 0 Å². The van der Waals surface area contributed by atoms with E-state index in [2.05, 4.69) is 0 Å². The Labute approximate surface area is 85.2 Å². The van der Waals surface area contributed by atoms with E-state index < -0.39 is 17.5 Å². The van der Waals surface area contributed by atoms with E-state index in [1.165, 1.54) is 13.8 Å². The molecule has 0 atom stereocenters. The third-order valence-corrected chi connectivity index (χ3v) is 1.88. The average molecular weight is 214 g/mol. The van der Waals surface area contributed by atoms with E-state index in [9.17, 15) is 18.0 Å². The van der Waals surface area contributed by atoms with E-state index in [1.54, 1.807) is 0 Å². The molecule has 15 heavy (non-hydrogen) atoms. The maximum atomic E-state index is 13.2. The molecule has 0 bridgehead atoms. The van der Waals surface area contributed by atoms with Gasteiger partial charge >= 0.3 is 0 Å². The summed E-state index contributed by atoms with van der Waals surface area (Å²) < 4.78 is 38.6. The van der Waals surface area contributed by atoms with Gasteiger partial charge in [-0.15, -0.1) is 0 Å². The summed E-state index contributed by atoms with van der Waals surface area (Å²) in [6.45, 7) is 2.75. The fraction of sp³-hybridized carbons (Fsp3) is 0.182. The Bertz CT molecular complexity index is 436. The predicted molar refractivity (Wildman–Crippen MR) is 50.6 cm³/mol. The van der Waals surface area contributed by atoms with Crippen LogP contribution in [0.15, 0.2) is 18.2 Å². The Kier molecular flexibility index (Phi) is 3.29. The fourth-order valence-electron chi connectivity index (χ4n) is 1.21. The highest BCUT2D eigenvalue weighted by Gasteiger charge is 2.14. The van der Waals surface area contributed by atoms with Gasteiger partial charge in [-0.1, -0.05) is 0 Å². The lowest BCUT2D eigenvalue weighted by Crippen LogP contribution is -1.97. The van der Waals surface area contributed by atoms with Crippen molar-refractivity contribution >= 4 is 11.4 Å². The number of benzene rings is 1. The van der Waals surface area contributed by atoms with Gasteiger partial charge in [0, 0.05) is 5.56 Å². The van der Waals surface area contributed by atoms with E-state index in [-0.39, 0.29) is 16.9 Å². The first-order valence-corrected chi connectivity index (χ1v) is 4.26. The van der Waals surface area contributed by atoms with Crippen molar-refractivity contribution in [3.8, 4) is 0 Å². The van der Waals surface area contributed by atoms with Crippen molar-refractivity contribution < 1.29 is 18.0 Å². The van der Waals surface area contributed by atoms with Gasteiger partial charge in [0.2, 0.25) is 0 Å². The molecular formula is C11H9F3O. The van der Waals surface area contributed by atoms with Crippen LogP contribution in [-0.2, 0) is 4.79 Å². The van der Waals surface area contributed by atoms with Crippen molar-refractivity contribution in [2.45, 2.75) is 13.8 Å². The van der Waals surface area contributed by atoms with Gasteiger partial charge in [0.1, 0.15) is 0 Å². The summed E-state index contributed by atoms with van der Waals surface area (Å²) in [5.74, 6) is -4.32. The maximum Gasteiger partial charge on any atom is 0.195 e. The van der Waals surface area contributed by atoms with Crippen LogP contribution in [-0.4, -0.2) is 5.78 Å². The quantitative estimate of drug-likeness (QED) is 0.546. The van der Waals surface area contributed by atoms with Crippen molar-refractivity contribution in [3.63, 3.8) is 0 Å². The third-order valence-electron chi connectivity index (χ3n) is 1.88. The predicted octanol–water partition coefficient (Wildman–Crippen LogP) is 3.10. The molecule has 1 rings (SSSR count). The van der Waals surface area contributed by atoms with E-state index in [1.807, 2.05) is 0 Å². The first kappa shape index (κ1) is 11.5. The second kappa shape index (κ2) is 4.29. The van der Waals surface area contributed by atoms with Gasteiger partial charge in [-0.2, -0.15) is 0 Å². The lowest BCUT2D eigenvalue weighted by molar-refractivity contribution is -0.112. The summed E-state index contributed by atoms with van der Waals surface area (Å²) in [5, 5.41) is 0. The topological polar surface area (TPSA) is 17.1 Å². The van der Waals surface area contributed by atoms with Crippen molar-refractivity contribution in [1.82, 2.24) is 0 Å². The molecule has 1 nitrogen and oxygen atoms in total. The molecule has 0 aliphatic carbocycles. The molecule has 0 N–H and O–H groups in total. The summed E-state index contributed by atoms with van der Waals surface area (Å²) in [7, 11) is 0. The fourth-order valence-corrected chi connectivity index (χ4v) is 1.21. The molecule has 0 aliphatic heterocycles. The molecule has 1 aromatic carbocycles. The molecule has 0 saturated heterocycles. The number of allylic oxidation sites excluding steroid dienone is 2. The summed E-state index contributed by atoms with van der Waals surface area (Å²) in [6.07, 6.45) is 1.16. The van der Waals surface area contributed by atoms with Gasteiger partial charge in [0.05, 0.1) is 0 Å². The van der Waals surface area contributed by atoms with Crippen LogP contribution in [0.2, 0.25) is 0 Å². The second-order valence-electron chi connectivity index (χ2n) is 3.16. The standard InChI is InChI=1S/C11H9F3O/c1-6(5-7(2)15)8-3-4-9(12)11(14)10(8)13/h3-5H,1-2H3/b6-5+. The molecule has 80 valence electrons. The van der Waals surface area contributed by atoms with Crippen LogP contribution in [0, 0.1) is 17.5 Å². The molecule has 0 aliphatic rings. The Morgan fingerprint density at radius 1 is 1.13 bits per heavy atom. The SMILES string of the molecule is CC(=O)/C=C(\C)c1ccc(F)c(F)c1F. The molecule has 0 radical (unpaired) electrons. The average Bonchev–Trinajstić information content (AvgIpc) is 2.13. The number of carbonyl (C=O) groups excluding carboxylic acids is 1. The Morgan fingerprint density at radius 2 is 1.73 bits per heavy atom. The van der Waals surface area contributed by atoms with Crippen LogP contribution in [0.25, 0.3) is 5.57 Å². The second-order valence-corrected chi connectivity index (χ2v) is 3.16. The number of halogens is 3. The van der Waals surface area contributed by atoms with Crippen LogP contribution < -0.4 is 0 Å². The molecular weight excluding hydrogens is 205 g/mol. The lowest BCUT2D eigenvalue weighted by Gasteiger charge is -2.04. The van der Waals surface area contributed by atoms with Gasteiger partial charge in [-0.25, -0.2) is 13.2 Å². The maximum absolute atomic E-state index is 13.2. The van der Waals surface area contributed by atoms with Gasteiger partial charge in [0.25, 0.3) is 0 Å². The molecule has 0 spiro atoms. The van der Waals surface area contributed by atoms with E-state index >= 15 is 0 Å². The highest BCUT2D eigenvalue weighted by atomic mass is 19.2. The highest BCUT2D eigenvalue weighted by molar-refractivity contribution is 5.94. The molecule has 0 fully saturated rings. The highest BCUT2D eigenvalue weighted by Crippen LogP contribution is 2.21. The zero-order valence-corrected chi connectivity index (χ0v) is 8.27. The number of hydrogen-bond acceptors (Lipinski definition) is 1. The van der Waals surface area contributed by atoms with Crippen molar-refractivity contribution in [2.24, 2.45) is 0 Å². The normalized spacial score (nSPS) is 11.7. The number of rotatable bonds is 2. The van der Waals surface area contributed by atoms with E-state index in [4.69, 9.17) is 0 Å². The van der Waals surface area contributed by atoms with Crippen molar-refractivity contribution in [2.75, 3.05) is 0 Å². The van der Waals surface area contributed by atoms with Crippen LogP contribution in [0.1, 0.15) is 19.4 Å². The molecule has 0 heterocycles. The number of carbonyl (C=O) groups is 1. The van der Waals surface area contributed by atoms with Gasteiger partial charge < -0.3 is 0 Å². The number of ketones is 1. The smallest absolute Gasteiger partial charge is 0.195 e. The van der Waals surface area contributed by atoms with Gasteiger partial charge in [0.15, 0.2) is 23.2 Å². The van der Waals surface area contributed by atoms with E-state index in [0.717, 1.165) is 18.2 Å². The van der Waals surface area contributed by atoms with Crippen LogP contribution in [0.3, 0.4) is 0 Å². The molecule has 1 aromatic rings. The Balaban J connectivity index is 3.28. The minimum atomic E-state index is -1.52. The first-order valence-electron chi connectivity index (χ1n) is 4.26. The lowest BCUT2D eigenvalue weighted by atomic mass is 10.1. The molecule has 0 aromatic heterocycles. The summed E-state index contributed by atoms with van der Waals surface area (Å²) in [6, 6.07) is 1.92. The molecule has 4 heteroatoms. The van der Waals surface area contributed by atoms with Gasteiger partial charge in [-0.3, -0.25) is 4.79 Å². The Morgan fingerprint density at radius 3 is 2.27 bits per heavy atom. The third kappa shape index (κ3) is 2.46. The monoisotopic (exact) mass is 214 g/mol. The van der Waals surface area contributed by atoms with Crippen molar-refractivity contribution in [3.05, 3.63) is 41.2 Å². The zero-order chi connectivity index (χ0) is 11.6. The Hall–Kier alpha value is -1.58. The van der Waals surface area contributed by atoms with Crippen LogP contribution >= 0.6 is 0 Å². The minimum absolute atomic E-state index is 0.107. The van der Waals surface area contributed by atoms with Gasteiger partial charge in [-0.05, 0) is 37.6 Å².